The van der Waals surface area contributed by atoms with Crippen LogP contribution in [0.2, 0.25) is 0 Å². The molecule has 4 aromatic carbocycles. The van der Waals surface area contributed by atoms with Crippen molar-refractivity contribution in [3.05, 3.63) is 113 Å². The first-order valence-electron chi connectivity index (χ1n) is 10.0. The van der Waals surface area contributed by atoms with Gasteiger partial charge in [0.25, 0.3) is 0 Å². The van der Waals surface area contributed by atoms with Gasteiger partial charge in [-0.15, -0.1) is 0 Å². The van der Waals surface area contributed by atoms with E-state index in [1.807, 2.05) is 0 Å². The van der Waals surface area contributed by atoms with Crippen molar-refractivity contribution < 1.29 is 4.40 Å². The maximum atomic E-state index is 2.52. The Kier molecular flexibility index (Phi) is 4.09. The molecule has 2 nitrogen and oxygen atoms in total. The van der Waals surface area contributed by atoms with Gasteiger partial charge < -0.3 is 0 Å². The van der Waals surface area contributed by atoms with Crippen LogP contribution in [0, 0.1) is 3.57 Å². The van der Waals surface area contributed by atoms with E-state index in [0.717, 1.165) is 0 Å². The van der Waals surface area contributed by atoms with E-state index in [2.05, 4.69) is 141 Å². The quantitative estimate of drug-likeness (QED) is 0.184. The third-order valence-electron chi connectivity index (χ3n) is 5.68. The summed E-state index contributed by atoms with van der Waals surface area (Å²) in [5.41, 5.74) is 7.22. The highest BCUT2D eigenvalue weighted by Gasteiger charge is 2.28. The average molecular weight is 497 g/mol. The summed E-state index contributed by atoms with van der Waals surface area (Å²) >= 11 is 2.52. The molecule has 0 N–H and O–H groups in total. The van der Waals surface area contributed by atoms with E-state index in [9.17, 15) is 0 Å². The van der Waals surface area contributed by atoms with E-state index in [1.165, 1.54) is 48.0 Å². The van der Waals surface area contributed by atoms with Crippen molar-refractivity contribution in [1.29, 1.82) is 0 Å². The molecule has 0 radical (unpaired) electrons. The predicted molar refractivity (Wildman–Crippen MR) is 132 cm³/mol. The van der Waals surface area contributed by atoms with Crippen molar-refractivity contribution in [2.45, 2.75) is 0 Å². The lowest BCUT2D eigenvalue weighted by Gasteiger charge is -2.09. The molecule has 0 spiro atoms. The number of rotatable bonds is 2. The minimum Gasteiger partial charge on any atom is -0.188 e. The van der Waals surface area contributed by atoms with Crippen LogP contribution in [-0.2, 0) is 0 Å². The van der Waals surface area contributed by atoms with Gasteiger partial charge in [-0.3, -0.25) is 0 Å². The molecule has 0 bridgehead atoms. The molecule has 3 heteroatoms. The number of hydrogen-bond donors (Lipinski definition) is 0. The Hall–Kier alpha value is -3.18. The van der Waals surface area contributed by atoms with Crippen LogP contribution in [0.3, 0.4) is 0 Å². The van der Waals surface area contributed by atoms with Crippen molar-refractivity contribution in [3.63, 3.8) is 0 Å². The number of fused-ring (bicyclic) bond motifs is 5. The fourth-order valence-corrected chi connectivity index (χ4v) is 5.45. The summed E-state index contributed by atoms with van der Waals surface area (Å²) in [4.78, 5) is 0. The first-order chi connectivity index (χ1) is 14.8. The minimum absolute atomic E-state index is 1.17. The number of aromatic nitrogens is 2. The number of nitrogens with zero attached hydrogens (tertiary/aromatic N) is 2. The van der Waals surface area contributed by atoms with E-state index in [-0.39, 0.29) is 0 Å². The van der Waals surface area contributed by atoms with Crippen molar-refractivity contribution in [2.75, 3.05) is 0 Å². The molecule has 0 fully saturated rings. The highest BCUT2D eigenvalue weighted by molar-refractivity contribution is 14.1. The van der Waals surface area contributed by atoms with Gasteiger partial charge in [0.15, 0.2) is 16.7 Å². The largest absolute Gasteiger partial charge is 0.301 e. The van der Waals surface area contributed by atoms with Crippen LogP contribution in [0.5, 0.6) is 0 Å². The number of halogens is 1. The Bertz CT molecular complexity index is 1530. The second-order valence-corrected chi connectivity index (χ2v) is 8.47. The van der Waals surface area contributed by atoms with Gasteiger partial charge in [0.05, 0.1) is 8.96 Å². The summed E-state index contributed by atoms with van der Waals surface area (Å²) in [7, 11) is 0. The van der Waals surface area contributed by atoms with Gasteiger partial charge in [-0.2, -0.15) is 8.97 Å². The molecule has 6 rings (SSSR count). The molecule has 0 atom stereocenters. The lowest BCUT2D eigenvalue weighted by molar-refractivity contribution is -0.468. The summed E-state index contributed by atoms with van der Waals surface area (Å²) < 4.78 is 6.09. The fraction of sp³-hybridized carbons (Fsp3) is 0. The molecule has 0 saturated heterocycles. The molecule has 2 heterocycles. The van der Waals surface area contributed by atoms with Crippen molar-refractivity contribution >= 4 is 50.0 Å². The predicted octanol–water partition coefficient (Wildman–Crippen LogP) is 6.79. The van der Waals surface area contributed by atoms with Gasteiger partial charge in [0.1, 0.15) is 5.69 Å². The molecule has 0 aliphatic rings. The third kappa shape index (κ3) is 2.52. The van der Waals surface area contributed by atoms with Crippen molar-refractivity contribution in [1.82, 2.24) is 4.57 Å². The normalized spacial score (nSPS) is 11.5. The van der Waals surface area contributed by atoms with Crippen LogP contribution < -0.4 is 4.40 Å². The van der Waals surface area contributed by atoms with Gasteiger partial charge in [-0.05, 0) is 52.9 Å². The summed E-state index contributed by atoms with van der Waals surface area (Å²) in [6.45, 7) is 0. The second kappa shape index (κ2) is 6.96. The summed E-state index contributed by atoms with van der Waals surface area (Å²) in [5, 5.41) is 2.53. The second-order valence-electron chi connectivity index (χ2n) is 7.39. The zero-order valence-electron chi connectivity index (χ0n) is 16.2. The fourth-order valence-electron chi connectivity index (χ4n) is 4.42. The smallest absolute Gasteiger partial charge is 0.188 e. The van der Waals surface area contributed by atoms with E-state index in [4.69, 9.17) is 0 Å². The molecule has 0 saturated carbocycles. The highest BCUT2D eigenvalue weighted by Crippen LogP contribution is 2.34. The van der Waals surface area contributed by atoms with Crippen LogP contribution in [-0.4, -0.2) is 4.57 Å². The van der Waals surface area contributed by atoms with Gasteiger partial charge in [-0.25, -0.2) is 0 Å². The Morgan fingerprint density at radius 3 is 1.97 bits per heavy atom. The Morgan fingerprint density at radius 1 is 0.600 bits per heavy atom. The molecule has 0 amide bonds. The zero-order valence-corrected chi connectivity index (χ0v) is 18.3. The molecule has 2 aromatic heterocycles. The molecular weight excluding hydrogens is 479 g/mol. The van der Waals surface area contributed by atoms with Crippen LogP contribution in [0.15, 0.2) is 109 Å². The molecule has 0 unspecified atom stereocenters. The summed E-state index contributed by atoms with van der Waals surface area (Å²) in [6.07, 6.45) is 0. The molecule has 142 valence electrons. The van der Waals surface area contributed by atoms with Crippen molar-refractivity contribution in [3.8, 4) is 16.9 Å². The van der Waals surface area contributed by atoms with Gasteiger partial charge in [0, 0.05) is 10.9 Å². The lowest BCUT2D eigenvalue weighted by atomic mass is 10.1. The standard InChI is InChI=1S/C27H18IN2/c28-25-21-15-7-8-16-22(21)27-29(20-13-5-2-6-14-20)23-17-9-10-18-24(23)30(27)26(25)19-11-3-1-4-12-19/h1-18H/q+1. The maximum Gasteiger partial charge on any atom is 0.301 e. The van der Waals surface area contributed by atoms with E-state index < -0.39 is 0 Å². The van der Waals surface area contributed by atoms with Crippen LogP contribution >= 0.6 is 22.6 Å². The number of hydrogen-bond acceptors (Lipinski definition) is 0. The number of para-hydroxylation sites is 3. The summed E-state index contributed by atoms with van der Waals surface area (Å²) in [6, 6.07) is 38.8. The number of benzene rings is 4. The zero-order chi connectivity index (χ0) is 20.1. The molecule has 30 heavy (non-hydrogen) atoms. The number of pyridine rings is 1. The van der Waals surface area contributed by atoms with Crippen LogP contribution in [0.25, 0.3) is 44.4 Å². The van der Waals surface area contributed by atoms with Crippen LogP contribution in [0.4, 0.5) is 0 Å². The first kappa shape index (κ1) is 17.7. The lowest BCUT2D eigenvalue weighted by Crippen LogP contribution is -2.26. The first-order valence-corrected chi connectivity index (χ1v) is 11.1. The number of imidazole rings is 1. The Morgan fingerprint density at radius 2 is 1.20 bits per heavy atom. The van der Waals surface area contributed by atoms with Gasteiger partial charge >= 0.3 is 5.65 Å². The summed E-state index contributed by atoms with van der Waals surface area (Å²) in [5.74, 6) is 0. The third-order valence-corrected chi connectivity index (χ3v) is 6.78. The average Bonchev–Trinajstić information content (AvgIpc) is 3.16. The monoisotopic (exact) mass is 497 g/mol. The van der Waals surface area contributed by atoms with Gasteiger partial charge in [0.2, 0.25) is 0 Å². The topological polar surface area (TPSA) is 9.03 Å². The van der Waals surface area contributed by atoms with Crippen LogP contribution in [0.1, 0.15) is 0 Å². The Balaban J connectivity index is 1.95. The highest BCUT2D eigenvalue weighted by atomic mass is 127. The minimum atomic E-state index is 1.17. The maximum absolute atomic E-state index is 2.52. The van der Waals surface area contributed by atoms with E-state index in [0.29, 0.717) is 0 Å². The van der Waals surface area contributed by atoms with E-state index >= 15 is 0 Å². The molecule has 0 aliphatic carbocycles. The molecule has 0 aliphatic heterocycles. The molecule has 6 aromatic rings. The Labute approximate surface area is 188 Å². The van der Waals surface area contributed by atoms with Gasteiger partial charge in [-0.1, -0.05) is 78.9 Å². The van der Waals surface area contributed by atoms with E-state index in [1.54, 1.807) is 0 Å². The van der Waals surface area contributed by atoms with Crippen molar-refractivity contribution in [2.24, 2.45) is 0 Å². The SMILES string of the molecule is Ic1c(-c2ccccc2)[n+]2c3ccccc3n(-c3ccccc3)c2c2ccccc12. The molecular formula is C27H18IN2+.